The Morgan fingerprint density at radius 1 is 1.31 bits per heavy atom. The molecule has 1 atom stereocenters. The van der Waals surface area contributed by atoms with Gasteiger partial charge in [0, 0.05) is 24.2 Å². The molecule has 9 nitrogen and oxygen atoms in total. The predicted molar refractivity (Wildman–Crippen MR) is 123 cm³/mol. The second-order valence-electron chi connectivity index (χ2n) is 8.99. The monoisotopic (exact) mass is 458 g/mol. The predicted octanol–water partition coefficient (Wildman–Crippen LogP) is 3.31. The molecular weight excluding hydrogens is 432 g/mol. The van der Waals surface area contributed by atoms with Gasteiger partial charge in [-0.15, -0.1) is 0 Å². The maximum Gasteiger partial charge on any atom is 0.407 e. The average Bonchev–Trinajstić information content (AvgIpc) is 3.16. The Kier molecular flexibility index (Phi) is 6.10. The second kappa shape index (κ2) is 8.82. The van der Waals surface area contributed by atoms with E-state index in [2.05, 4.69) is 20.4 Å². The number of H-pyrrole nitrogens is 1. The number of aromatic amines is 1. The number of benzene rings is 1. The zero-order valence-electron chi connectivity index (χ0n) is 18.4. The van der Waals surface area contributed by atoms with E-state index in [4.69, 9.17) is 16.3 Å². The summed E-state index contributed by atoms with van der Waals surface area (Å²) in [7, 11) is 0. The highest BCUT2D eigenvalue weighted by atomic mass is 35.5. The van der Waals surface area contributed by atoms with Gasteiger partial charge in [0.2, 0.25) is 5.95 Å². The van der Waals surface area contributed by atoms with Gasteiger partial charge in [0.05, 0.1) is 18.3 Å². The van der Waals surface area contributed by atoms with E-state index in [0.717, 1.165) is 24.9 Å². The van der Waals surface area contributed by atoms with Gasteiger partial charge >= 0.3 is 6.09 Å². The van der Waals surface area contributed by atoms with E-state index in [-0.39, 0.29) is 11.6 Å². The summed E-state index contributed by atoms with van der Waals surface area (Å²) in [5, 5.41) is 7.85. The van der Waals surface area contributed by atoms with Gasteiger partial charge in [-0.25, -0.2) is 14.5 Å². The third kappa shape index (κ3) is 5.21. The first-order valence-electron chi connectivity index (χ1n) is 10.6. The Bertz CT molecular complexity index is 1170. The Hall–Kier alpha value is -3.07. The van der Waals surface area contributed by atoms with E-state index >= 15 is 0 Å². The molecule has 1 unspecified atom stereocenters. The van der Waals surface area contributed by atoms with Crippen LogP contribution in [0.25, 0.3) is 11.0 Å². The third-order valence-electron chi connectivity index (χ3n) is 5.17. The van der Waals surface area contributed by atoms with Crippen LogP contribution in [0.5, 0.6) is 0 Å². The van der Waals surface area contributed by atoms with Crippen molar-refractivity contribution in [3.8, 4) is 0 Å². The SMILES string of the molecule is CC(C)(C)OC(=O)NC1CCCN(c2nc3c(=O)n(Cc4ccc(Cl)cc4)ncc3[nH]2)C1. The minimum absolute atomic E-state index is 0.0634. The van der Waals surface area contributed by atoms with Crippen molar-refractivity contribution < 1.29 is 9.53 Å². The van der Waals surface area contributed by atoms with Crippen molar-refractivity contribution in [1.82, 2.24) is 25.1 Å². The van der Waals surface area contributed by atoms with Crippen molar-refractivity contribution in [2.75, 3.05) is 18.0 Å². The number of imidazole rings is 1. The van der Waals surface area contributed by atoms with Crippen LogP contribution in [-0.2, 0) is 11.3 Å². The van der Waals surface area contributed by atoms with E-state index in [1.54, 1.807) is 18.3 Å². The molecule has 0 saturated carbocycles. The molecule has 1 aromatic carbocycles. The van der Waals surface area contributed by atoms with Gasteiger partial charge in [-0.05, 0) is 51.3 Å². The molecule has 1 fully saturated rings. The Balaban J connectivity index is 1.49. The van der Waals surface area contributed by atoms with Crippen LogP contribution in [0.15, 0.2) is 35.3 Å². The molecule has 0 spiro atoms. The lowest BCUT2D eigenvalue weighted by atomic mass is 10.1. The minimum atomic E-state index is -0.546. The second-order valence-corrected chi connectivity index (χ2v) is 9.42. The van der Waals surface area contributed by atoms with Gasteiger partial charge in [0.25, 0.3) is 5.56 Å². The van der Waals surface area contributed by atoms with Gasteiger partial charge in [0.1, 0.15) is 5.60 Å². The Labute approximate surface area is 190 Å². The first-order chi connectivity index (χ1) is 15.2. The van der Waals surface area contributed by atoms with Gasteiger partial charge in [0.15, 0.2) is 5.52 Å². The van der Waals surface area contributed by atoms with Crippen molar-refractivity contribution in [2.24, 2.45) is 0 Å². The van der Waals surface area contributed by atoms with Crippen LogP contribution in [0.1, 0.15) is 39.2 Å². The first-order valence-corrected chi connectivity index (χ1v) is 11.0. The number of halogens is 1. The van der Waals surface area contributed by atoms with E-state index in [9.17, 15) is 9.59 Å². The maximum absolute atomic E-state index is 12.9. The fourth-order valence-corrected chi connectivity index (χ4v) is 3.84. The minimum Gasteiger partial charge on any atom is -0.444 e. The van der Waals surface area contributed by atoms with Gasteiger partial charge in [-0.2, -0.15) is 5.10 Å². The molecule has 1 aliphatic rings. The number of nitrogens with one attached hydrogen (secondary N) is 2. The van der Waals surface area contributed by atoms with E-state index in [1.165, 1.54) is 4.68 Å². The normalized spacial score (nSPS) is 16.9. The Morgan fingerprint density at radius 3 is 2.78 bits per heavy atom. The molecule has 1 saturated heterocycles. The summed E-state index contributed by atoms with van der Waals surface area (Å²) in [6.07, 6.45) is 2.93. The number of rotatable bonds is 4. The van der Waals surface area contributed by atoms with Crippen LogP contribution in [0.4, 0.5) is 10.7 Å². The standard InChI is InChI=1S/C22H27ClN6O3/c1-22(2,3)32-21(31)25-16-5-4-10-28(13-16)20-26-17-11-24-29(19(30)18(17)27-20)12-14-6-8-15(23)9-7-14/h6-9,11,16H,4-5,10,12-13H2,1-3H3,(H,25,31)(H,26,27). The lowest BCUT2D eigenvalue weighted by Crippen LogP contribution is -2.49. The molecule has 170 valence electrons. The quantitative estimate of drug-likeness (QED) is 0.621. The fourth-order valence-electron chi connectivity index (χ4n) is 3.72. The number of nitrogens with zero attached hydrogens (tertiary/aromatic N) is 4. The molecule has 4 rings (SSSR count). The summed E-state index contributed by atoms with van der Waals surface area (Å²) in [5.41, 5.74) is 1.04. The molecule has 1 aliphatic heterocycles. The molecule has 0 radical (unpaired) electrons. The Morgan fingerprint density at radius 2 is 2.06 bits per heavy atom. The van der Waals surface area contributed by atoms with Gasteiger partial charge in [-0.1, -0.05) is 23.7 Å². The number of ether oxygens (including phenoxy) is 1. The number of amides is 1. The first kappa shape index (κ1) is 22.1. The fraction of sp³-hybridized carbons (Fsp3) is 0.455. The van der Waals surface area contributed by atoms with E-state index in [0.29, 0.717) is 35.1 Å². The number of anilines is 1. The molecule has 3 heterocycles. The summed E-state index contributed by atoms with van der Waals surface area (Å²) in [5.74, 6) is 0.596. The zero-order chi connectivity index (χ0) is 22.9. The molecule has 32 heavy (non-hydrogen) atoms. The zero-order valence-corrected chi connectivity index (χ0v) is 19.1. The number of alkyl carbamates (subject to hydrolysis) is 1. The number of aromatic nitrogens is 4. The van der Waals surface area contributed by atoms with Crippen molar-refractivity contribution in [1.29, 1.82) is 0 Å². The maximum atomic E-state index is 12.9. The lowest BCUT2D eigenvalue weighted by Gasteiger charge is -2.33. The van der Waals surface area contributed by atoms with Crippen LogP contribution < -0.4 is 15.8 Å². The van der Waals surface area contributed by atoms with Crippen LogP contribution in [0, 0.1) is 0 Å². The average molecular weight is 459 g/mol. The molecule has 0 aliphatic carbocycles. The summed E-state index contributed by atoms with van der Waals surface area (Å²) in [4.78, 5) is 34.9. The highest BCUT2D eigenvalue weighted by Gasteiger charge is 2.26. The summed E-state index contributed by atoms with van der Waals surface area (Å²) in [6.45, 7) is 7.19. The molecule has 10 heteroatoms. The number of hydrogen-bond donors (Lipinski definition) is 2. The number of fused-ring (bicyclic) bond motifs is 1. The highest BCUT2D eigenvalue weighted by molar-refractivity contribution is 6.30. The van der Waals surface area contributed by atoms with Crippen molar-refractivity contribution in [3.05, 3.63) is 51.4 Å². The van der Waals surface area contributed by atoms with Crippen molar-refractivity contribution in [3.63, 3.8) is 0 Å². The van der Waals surface area contributed by atoms with E-state index in [1.807, 2.05) is 37.8 Å². The molecule has 3 aromatic rings. The smallest absolute Gasteiger partial charge is 0.407 e. The number of piperidine rings is 1. The third-order valence-corrected chi connectivity index (χ3v) is 5.42. The molecule has 2 N–H and O–H groups in total. The van der Waals surface area contributed by atoms with Gasteiger partial charge < -0.3 is 19.9 Å². The van der Waals surface area contributed by atoms with Crippen molar-refractivity contribution in [2.45, 2.75) is 51.8 Å². The van der Waals surface area contributed by atoms with Crippen LogP contribution in [0.2, 0.25) is 5.02 Å². The van der Waals surface area contributed by atoms with Crippen LogP contribution in [-0.4, -0.2) is 50.6 Å². The molecule has 2 aromatic heterocycles. The largest absolute Gasteiger partial charge is 0.444 e. The summed E-state index contributed by atoms with van der Waals surface area (Å²) < 4.78 is 6.75. The van der Waals surface area contributed by atoms with Gasteiger partial charge in [-0.3, -0.25) is 4.79 Å². The topological polar surface area (TPSA) is 105 Å². The number of hydrogen-bond acceptors (Lipinski definition) is 6. The number of carbonyl (C=O) groups excluding carboxylic acids is 1. The molecule has 0 bridgehead atoms. The summed E-state index contributed by atoms with van der Waals surface area (Å²) >= 11 is 5.93. The van der Waals surface area contributed by atoms with E-state index < -0.39 is 11.7 Å². The van der Waals surface area contributed by atoms with Crippen molar-refractivity contribution >= 4 is 34.7 Å². The summed E-state index contributed by atoms with van der Waals surface area (Å²) in [6, 6.07) is 7.23. The molecule has 1 amide bonds. The highest BCUT2D eigenvalue weighted by Crippen LogP contribution is 2.20. The number of carbonyl (C=O) groups is 1. The lowest BCUT2D eigenvalue weighted by molar-refractivity contribution is 0.0500. The van der Waals surface area contributed by atoms with Crippen LogP contribution >= 0.6 is 11.6 Å². The molecular formula is C22H27ClN6O3. The van der Waals surface area contributed by atoms with Crippen LogP contribution in [0.3, 0.4) is 0 Å².